The Balaban J connectivity index is 1.78. The second kappa shape index (κ2) is 8.37. The molecule has 148 valence electrons. The SMILES string of the molecule is Cc1cc(C)cc(-n2ccn3c(CCC(=O)NCCC(C)C)nnc3c2=O)c1. The number of nitrogens with one attached hydrogen (secondary N) is 1. The lowest BCUT2D eigenvalue weighted by Gasteiger charge is -2.09. The van der Waals surface area contributed by atoms with Gasteiger partial charge in [-0.2, -0.15) is 0 Å². The van der Waals surface area contributed by atoms with Gasteiger partial charge in [0.25, 0.3) is 0 Å². The molecule has 1 N–H and O–H groups in total. The van der Waals surface area contributed by atoms with E-state index in [0.29, 0.717) is 31.1 Å². The van der Waals surface area contributed by atoms with Crippen LogP contribution >= 0.6 is 0 Å². The first-order valence-corrected chi connectivity index (χ1v) is 9.66. The number of hydrogen-bond donors (Lipinski definition) is 1. The summed E-state index contributed by atoms with van der Waals surface area (Å²) >= 11 is 0. The third-order valence-electron chi connectivity index (χ3n) is 4.65. The standard InChI is InChI=1S/C21H27N5O2/c1-14(2)7-8-22-19(27)6-5-18-23-24-20-21(28)25(9-10-26(18)20)17-12-15(3)11-16(4)13-17/h9-14H,5-8H2,1-4H3,(H,22,27). The van der Waals surface area contributed by atoms with E-state index in [1.807, 2.05) is 26.0 Å². The molecule has 0 radical (unpaired) electrons. The predicted molar refractivity (Wildman–Crippen MR) is 109 cm³/mol. The number of fused-ring (bicyclic) bond motifs is 1. The molecule has 28 heavy (non-hydrogen) atoms. The second-order valence-corrected chi connectivity index (χ2v) is 7.66. The summed E-state index contributed by atoms with van der Waals surface area (Å²) in [5.41, 5.74) is 3.02. The Hall–Kier alpha value is -2.96. The highest BCUT2D eigenvalue weighted by molar-refractivity contribution is 5.76. The van der Waals surface area contributed by atoms with Crippen LogP contribution in [-0.4, -0.2) is 31.6 Å². The van der Waals surface area contributed by atoms with Crippen molar-refractivity contribution in [2.24, 2.45) is 5.92 Å². The Bertz CT molecular complexity index is 1030. The summed E-state index contributed by atoms with van der Waals surface area (Å²) in [6, 6.07) is 5.99. The predicted octanol–water partition coefficient (Wildman–Crippen LogP) is 2.59. The normalized spacial score (nSPS) is 11.3. The van der Waals surface area contributed by atoms with Gasteiger partial charge in [-0.05, 0) is 49.4 Å². The summed E-state index contributed by atoms with van der Waals surface area (Å²) < 4.78 is 3.25. The zero-order chi connectivity index (χ0) is 20.3. The first-order valence-electron chi connectivity index (χ1n) is 9.66. The molecular weight excluding hydrogens is 354 g/mol. The molecule has 0 saturated carbocycles. The molecule has 2 aromatic heterocycles. The van der Waals surface area contributed by atoms with Crippen molar-refractivity contribution in [1.29, 1.82) is 0 Å². The van der Waals surface area contributed by atoms with Crippen LogP contribution in [0.15, 0.2) is 35.4 Å². The Morgan fingerprint density at radius 2 is 1.82 bits per heavy atom. The Morgan fingerprint density at radius 3 is 2.50 bits per heavy atom. The van der Waals surface area contributed by atoms with Gasteiger partial charge >= 0.3 is 5.56 Å². The minimum Gasteiger partial charge on any atom is -0.356 e. The van der Waals surface area contributed by atoms with Crippen LogP contribution in [0.2, 0.25) is 0 Å². The molecule has 2 heterocycles. The molecule has 0 fully saturated rings. The fraction of sp³-hybridized carbons (Fsp3) is 0.429. The van der Waals surface area contributed by atoms with E-state index in [1.54, 1.807) is 21.4 Å². The topological polar surface area (TPSA) is 81.3 Å². The van der Waals surface area contributed by atoms with Gasteiger partial charge in [0, 0.05) is 37.5 Å². The number of rotatable bonds is 7. The van der Waals surface area contributed by atoms with E-state index in [-0.39, 0.29) is 17.1 Å². The first-order chi connectivity index (χ1) is 13.3. The average molecular weight is 381 g/mol. The van der Waals surface area contributed by atoms with Gasteiger partial charge in [-0.3, -0.25) is 18.6 Å². The van der Waals surface area contributed by atoms with E-state index in [0.717, 1.165) is 23.2 Å². The molecule has 3 aromatic rings. The van der Waals surface area contributed by atoms with Gasteiger partial charge in [0.2, 0.25) is 11.6 Å². The van der Waals surface area contributed by atoms with Crippen LogP contribution in [0.1, 0.15) is 43.6 Å². The molecule has 7 nitrogen and oxygen atoms in total. The molecular formula is C21H27N5O2. The summed E-state index contributed by atoms with van der Waals surface area (Å²) in [6.07, 6.45) is 5.21. The highest BCUT2D eigenvalue weighted by Gasteiger charge is 2.13. The molecule has 1 amide bonds. The minimum absolute atomic E-state index is 0.0130. The van der Waals surface area contributed by atoms with Crippen LogP contribution < -0.4 is 10.9 Å². The maximum Gasteiger partial charge on any atom is 0.300 e. The van der Waals surface area contributed by atoms with Gasteiger partial charge in [-0.25, -0.2) is 0 Å². The minimum atomic E-state index is -0.229. The molecule has 1 aromatic carbocycles. The lowest BCUT2D eigenvalue weighted by molar-refractivity contribution is -0.121. The molecule has 7 heteroatoms. The lowest BCUT2D eigenvalue weighted by Crippen LogP contribution is -2.25. The zero-order valence-corrected chi connectivity index (χ0v) is 16.9. The number of aryl methyl sites for hydroxylation is 3. The summed E-state index contributed by atoms with van der Waals surface area (Å²) in [5.74, 6) is 1.15. The van der Waals surface area contributed by atoms with Gasteiger partial charge in [0.05, 0.1) is 0 Å². The van der Waals surface area contributed by atoms with Gasteiger partial charge in [0.15, 0.2) is 0 Å². The summed E-state index contributed by atoms with van der Waals surface area (Å²) in [4.78, 5) is 24.9. The van der Waals surface area contributed by atoms with Crippen molar-refractivity contribution in [1.82, 2.24) is 24.5 Å². The van der Waals surface area contributed by atoms with Crippen molar-refractivity contribution in [3.05, 3.63) is 57.9 Å². The molecule has 3 rings (SSSR count). The summed E-state index contributed by atoms with van der Waals surface area (Å²) in [5, 5.41) is 11.1. The van der Waals surface area contributed by atoms with Crippen molar-refractivity contribution < 1.29 is 4.79 Å². The fourth-order valence-electron chi connectivity index (χ4n) is 3.21. The quantitative estimate of drug-likeness (QED) is 0.682. The third kappa shape index (κ3) is 4.47. The van der Waals surface area contributed by atoms with E-state index in [2.05, 4.69) is 35.4 Å². The van der Waals surface area contributed by atoms with Crippen LogP contribution in [0.25, 0.3) is 11.3 Å². The van der Waals surface area contributed by atoms with Crippen molar-refractivity contribution in [3.63, 3.8) is 0 Å². The summed E-state index contributed by atoms with van der Waals surface area (Å²) in [7, 11) is 0. The van der Waals surface area contributed by atoms with Crippen molar-refractivity contribution in [2.75, 3.05) is 6.54 Å². The van der Waals surface area contributed by atoms with Crippen LogP contribution in [0.4, 0.5) is 0 Å². The molecule has 0 saturated heterocycles. The number of carbonyl (C=O) groups is 1. The molecule has 0 unspecified atom stereocenters. The van der Waals surface area contributed by atoms with E-state index in [4.69, 9.17) is 0 Å². The van der Waals surface area contributed by atoms with Crippen molar-refractivity contribution >= 4 is 11.6 Å². The van der Waals surface area contributed by atoms with Crippen LogP contribution in [0, 0.1) is 19.8 Å². The number of aromatic nitrogens is 4. The number of carbonyl (C=O) groups excluding carboxylic acids is 1. The van der Waals surface area contributed by atoms with Crippen molar-refractivity contribution in [2.45, 2.75) is 47.0 Å². The molecule has 0 spiro atoms. The second-order valence-electron chi connectivity index (χ2n) is 7.66. The maximum absolute atomic E-state index is 12.9. The third-order valence-corrected chi connectivity index (χ3v) is 4.65. The Kier molecular flexibility index (Phi) is 5.92. The van der Waals surface area contributed by atoms with Gasteiger partial charge in [-0.1, -0.05) is 19.9 Å². The van der Waals surface area contributed by atoms with Gasteiger partial charge < -0.3 is 5.32 Å². The van der Waals surface area contributed by atoms with E-state index >= 15 is 0 Å². The first kappa shape index (κ1) is 19.8. The van der Waals surface area contributed by atoms with E-state index in [1.165, 1.54) is 0 Å². The molecule has 0 aliphatic carbocycles. The summed E-state index contributed by atoms with van der Waals surface area (Å²) in [6.45, 7) is 8.93. The monoisotopic (exact) mass is 381 g/mol. The Labute approximate surface area is 164 Å². The molecule has 0 aliphatic heterocycles. The number of nitrogens with zero attached hydrogens (tertiary/aromatic N) is 4. The molecule has 0 bridgehead atoms. The van der Waals surface area contributed by atoms with E-state index in [9.17, 15) is 9.59 Å². The maximum atomic E-state index is 12.9. The molecule has 0 aliphatic rings. The van der Waals surface area contributed by atoms with Gasteiger partial charge in [0.1, 0.15) is 5.82 Å². The number of hydrogen-bond acceptors (Lipinski definition) is 4. The highest BCUT2D eigenvalue weighted by atomic mass is 16.1. The lowest BCUT2D eigenvalue weighted by atomic mass is 10.1. The van der Waals surface area contributed by atoms with Gasteiger partial charge in [-0.15, -0.1) is 10.2 Å². The average Bonchev–Trinajstić information content (AvgIpc) is 3.03. The highest BCUT2D eigenvalue weighted by Crippen LogP contribution is 2.13. The largest absolute Gasteiger partial charge is 0.356 e. The smallest absolute Gasteiger partial charge is 0.300 e. The zero-order valence-electron chi connectivity index (χ0n) is 16.9. The fourth-order valence-corrected chi connectivity index (χ4v) is 3.21. The van der Waals surface area contributed by atoms with Crippen LogP contribution in [-0.2, 0) is 11.2 Å². The Morgan fingerprint density at radius 1 is 1.11 bits per heavy atom. The van der Waals surface area contributed by atoms with Crippen molar-refractivity contribution in [3.8, 4) is 5.69 Å². The van der Waals surface area contributed by atoms with E-state index < -0.39 is 0 Å². The van der Waals surface area contributed by atoms with Crippen LogP contribution in [0.3, 0.4) is 0 Å². The molecule has 0 atom stereocenters. The number of benzene rings is 1. The number of amides is 1. The van der Waals surface area contributed by atoms with Crippen LogP contribution in [0.5, 0.6) is 0 Å².